The second-order valence-corrected chi connectivity index (χ2v) is 9.11. The summed E-state index contributed by atoms with van der Waals surface area (Å²) in [6.07, 6.45) is 13.2. The molecule has 1 aromatic heterocycles. The number of allylic oxidation sites excluding steroid dienone is 1. The third kappa shape index (κ3) is 8.64. The quantitative estimate of drug-likeness (QED) is 0.152. The van der Waals surface area contributed by atoms with Crippen molar-refractivity contribution in [2.45, 2.75) is 58.5 Å². The summed E-state index contributed by atoms with van der Waals surface area (Å²) in [5.41, 5.74) is 2.60. The van der Waals surface area contributed by atoms with Gasteiger partial charge in [-0.15, -0.1) is 0 Å². The molecule has 5 heteroatoms. The van der Waals surface area contributed by atoms with Gasteiger partial charge in [0, 0.05) is 35.1 Å². The van der Waals surface area contributed by atoms with Crippen LogP contribution in [-0.4, -0.2) is 24.3 Å². The smallest absolute Gasteiger partial charge is 0.167 e. The molecular weight excluding hydrogens is 468 g/mol. The number of hydrogen-bond acceptors (Lipinski definition) is 3. The Morgan fingerprint density at radius 2 is 1.73 bits per heavy atom. The normalized spacial score (nSPS) is 12.1. The Hall–Kier alpha value is -3.31. The van der Waals surface area contributed by atoms with E-state index < -0.39 is 11.6 Å². The van der Waals surface area contributed by atoms with Gasteiger partial charge in [-0.3, -0.25) is 4.98 Å². The van der Waals surface area contributed by atoms with Gasteiger partial charge in [0.2, 0.25) is 0 Å². The van der Waals surface area contributed by atoms with Gasteiger partial charge >= 0.3 is 0 Å². The lowest BCUT2D eigenvalue weighted by Gasteiger charge is -2.12. The summed E-state index contributed by atoms with van der Waals surface area (Å²) in [5.74, 6) is -0.969. The molecule has 0 bridgehead atoms. The predicted molar refractivity (Wildman–Crippen MR) is 149 cm³/mol. The summed E-state index contributed by atoms with van der Waals surface area (Å²) < 4.78 is 41.0. The Morgan fingerprint density at radius 3 is 2.43 bits per heavy atom. The molecule has 0 aliphatic rings. The van der Waals surface area contributed by atoms with Crippen LogP contribution in [0.1, 0.15) is 57.9 Å². The van der Waals surface area contributed by atoms with E-state index in [4.69, 9.17) is 9.47 Å². The molecule has 0 aliphatic carbocycles. The molecule has 0 saturated carbocycles. The molecule has 1 heterocycles. The molecule has 196 valence electrons. The second-order valence-electron chi connectivity index (χ2n) is 9.11. The molecule has 3 nitrogen and oxygen atoms in total. The van der Waals surface area contributed by atoms with Gasteiger partial charge in [0.15, 0.2) is 11.6 Å². The van der Waals surface area contributed by atoms with E-state index in [1.807, 2.05) is 30.3 Å². The maximum Gasteiger partial charge on any atom is 0.167 e. The fourth-order valence-electron chi connectivity index (χ4n) is 3.97. The van der Waals surface area contributed by atoms with Gasteiger partial charge in [0.25, 0.3) is 0 Å². The summed E-state index contributed by atoms with van der Waals surface area (Å²) >= 11 is 0. The van der Waals surface area contributed by atoms with Crippen molar-refractivity contribution in [2.75, 3.05) is 13.2 Å². The zero-order valence-corrected chi connectivity index (χ0v) is 21.9. The largest absolute Gasteiger partial charge is 0.490 e. The van der Waals surface area contributed by atoms with Crippen molar-refractivity contribution >= 4 is 6.08 Å². The summed E-state index contributed by atoms with van der Waals surface area (Å²) in [6.45, 7) is 9.14. The third-order valence-corrected chi connectivity index (χ3v) is 6.13. The number of hydrogen-bond donors (Lipinski definition) is 0. The van der Waals surface area contributed by atoms with Gasteiger partial charge in [0.05, 0.1) is 11.8 Å². The highest BCUT2D eigenvalue weighted by Crippen LogP contribution is 2.29. The molecule has 2 aromatic carbocycles. The Kier molecular flexibility index (Phi) is 11.5. The van der Waals surface area contributed by atoms with E-state index in [2.05, 4.69) is 25.4 Å². The van der Waals surface area contributed by atoms with E-state index in [9.17, 15) is 8.78 Å². The second kappa shape index (κ2) is 15.1. The highest BCUT2D eigenvalue weighted by Gasteiger charge is 2.14. The molecule has 0 amide bonds. The topological polar surface area (TPSA) is 31.4 Å². The lowest BCUT2D eigenvalue weighted by Crippen LogP contribution is -2.08. The standard InChI is InChI=1S/C32H37F2NO2/c1-4-6-10-22-36-24(3)11-8-7-9-12-26-15-19-29(32(34)31(26)33)27-16-20-30(35-23-27)25-13-17-28(18-14-25)37-21-5-2/h5,9,12-20,23-24H,2,4,6-8,10-11,21-22H2,1,3H3/b12-9+. The fourth-order valence-corrected chi connectivity index (χ4v) is 3.97. The van der Waals surface area contributed by atoms with Gasteiger partial charge in [0.1, 0.15) is 12.4 Å². The average Bonchev–Trinajstić information content (AvgIpc) is 2.92. The monoisotopic (exact) mass is 505 g/mol. The zero-order chi connectivity index (χ0) is 26.5. The van der Waals surface area contributed by atoms with E-state index >= 15 is 0 Å². The number of unbranched alkanes of at least 4 members (excludes halogenated alkanes) is 3. The first kappa shape index (κ1) is 28.3. The van der Waals surface area contributed by atoms with Crippen LogP contribution >= 0.6 is 0 Å². The third-order valence-electron chi connectivity index (χ3n) is 6.13. The molecule has 0 fully saturated rings. The van der Waals surface area contributed by atoms with Gasteiger partial charge in [-0.05, 0) is 62.9 Å². The molecule has 0 radical (unpaired) electrons. The Morgan fingerprint density at radius 1 is 0.946 bits per heavy atom. The van der Waals surface area contributed by atoms with Crippen LogP contribution in [0.4, 0.5) is 8.78 Å². The van der Waals surface area contributed by atoms with Gasteiger partial charge in [-0.2, -0.15) is 0 Å². The van der Waals surface area contributed by atoms with Crippen molar-refractivity contribution in [1.82, 2.24) is 4.98 Å². The molecule has 0 aliphatic heterocycles. The highest BCUT2D eigenvalue weighted by molar-refractivity contribution is 5.69. The van der Waals surface area contributed by atoms with Crippen LogP contribution in [0.3, 0.4) is 0 Å². The van der Waals surface area contributed by atoms with Crippen LogP contribution in [0.5, 0.6) is 5.75 Å². The first-order chi connectivity index (χ1) is 18.0. The molecule has 0 saturated heterocycles. The van der Waals surface area contributed by atoms with Gasteiger partial charge in [-0.1, -0.05) is 62.8 Å². The number of ether oxygens (including phenoxy) is 2. The number of halogens is 2. The predicted octanol–water partition coefficient (Wildman–Crippen LogP) is 9.04. The van der Waals surface area contributed by atoms with Crippen molar-refractivity contribution in [3.05, 3.63) is 90.7 Å². The maximum atomic E-state index is 14.9. The maximum absolute atomic E-state index is 14.9. The average molecular weight is 506 g/mol. The van der Waals surface area contributed by atoms with E-state index in [-0.39, 0.29) is 17.2 Å². The van der Waals surface area contributed by atoms with E-state index in [0.29, 0.717) is 12.2 Å². The lowest BCUT2D eigenvalue weighted by molar-refractivity contribution is 0.0566. The van der Waals surface area contributed by atoms with Crippen LogP contribution in [0.2, 0.25) is 0 Å². The van der Waals surface area contributed by atoms with Crippen molar-refractivity contribution in [2.24, 2.45) is 0 Å². The van der Waals surface area contributed by atoms with Crippen molar-refractivity contribution in [3.63, 3.8) is 0 Å². The molecule has 3 rings (SSSR count). The summed E-state index contributed by atoms with van der Waals surface area (Å²) in [4.78, 5) is 4.45. The molecule has 1 atom stereocenters. The van der Waals surface area contributed by atoms with E-state index in [0.717, 1.165) is 49.3 Å². The first-order valence-electron chi connectivity index (χ1n) is 13.1. The SMILES string of the molecule is C=CCOc1ccc(-c2ccc(-c3ccc(/C=C/CCCC(C)OCCCCC)c(F)c3F)cn2)cc1. The van der Waals surface area contributed by atoms with E-state index in [1.165, 1.54) is 12.8 Å². The first-order valence-corrected chi connectivity index (χ1v) is 13.1. The summed E-state index contributed by atoms with van der Waals surface area (Å²) in [6, 6.07) is 14.3. The Balaban J connectivity index is 1.56. The number of aromatic nitrogens is 1. The fraction of sp³-hybridized carbons (Fsp3) is 0.344. The summed E-state index contributed by atoms with van der Waals surface area (Å²) in [5, 5.41) is 0. The van der Waals surface area contributed by atoms with Crippen LogP contribution in [-0.2, 0) is 4.74 Å². The number of benzene rings is 2. The molecular formula is C32H37F2NO2. The van der Waals surface area contributed by atoms with Gasteiger partial charge < -0.3 is 9.47 Å². The highest BCUT2D eigenvalue weighted by atomic mass is 19.2. The minimum Gasteiger partial charge on any atom is -0.490 e. The minimum absolute atomic E-state index is 0.191. The molecule has 37 heavy (non-hydrogen) atoms. The lowest BCUT2D eigenvalue weighted by atomic mass is 10.0. The number of pyridine rings is 1. The van der Waals surface area contributed by atoms with E-state index in [1.54, 1.807) is 42.6 Å². The molecule has 0 spiro atoms. The minimum atomic E-state index is -0.866. The summed E-state index contributed by atoms with van der Waals surface area (Å²) in [7, 11) is 0. The van der Waals surface area contributed by atoms with Crippen molar-refractivity contribution in [3.8, 4) is 28.1 Å². The Labute approximate surface area is 219 Å². The van der Waals surface area contributed by atoms with Crippen LogP contribution in [0, 0.1) is 11.6 Å². The zero-order valence-electron chi connectivity index (χ0n) is 21.9. The number of rotatable bonds is 15. The van der Waals surface area contributed by atoms with Crippen LogP contribution in [0.15, 0.2) is 73.5 Å². The molecule has 1 unspecified atom stereocenters. The van der Waals surface area contributed by atoms with Crippen LogP contribution < -0.4 is 4.74 Å². The van der Waals surface area contributed by atoms with Gasteiger partial charge in [-0.25, -0.2) is 8.78 Å². The Bertz CT molecular complexity index is 1140. The molecule has 3 aromatic rings. The number of nitrogens with zero attached hydrogens (tertiary/aromatic N) is 1. The molecule has 0 N–H and O–H groups in total. The van der Waals surface area contributed by atoms with Crippen molar-refractivity contribution < 1.29 is 18.3 Å². The van der Waals surface area contributed by atoms with Crippen molar-refractivity contribution in [1.29, 1.82) is 0 Å². The van der Waals surface area contributed by atoms with Crippen LogP contribution in [0.25, 0.3) is 28.5 Å².